The van der Waals surface area contributed by atoms with Gasteiger partial charge >= 0.3 is 0 Å². The molecule has 0 atom stereocenters. The van der Waals surface area contributed by atoms with Crippen LogP contribution in [-0.2, 0) is 4.79 Å². The van der Waals surface area contributed by atoms with Crippen LogP contribution >= 0.6 is 0 Å². The van der Waals surface area contributed by atoms with Gasteiger partial charge in [-0.1, -0.05) is 6.07 Å². The van der Waals surface area contributed by atoms with E-state index in [1.54, 1.807) is 53.8 Å². The maximum Gasteiger partial charge on any atom is 0.251 e. The van der Waals surface area contributed by atoms with E-state index in [-0.39, 0.29) is 18.4 Å². The van der Waals surface area contributed by atoms with E-state index in [4.69, 9.17) is 0 Å². The van der Waals surface area contributed by atoms with Crippen LogP contribution in [0.15, 0.2) is 55.2 Å². The summed E-state index contributed by atoms with van der Waals surface area (Å²) in [7, 11) is 0. The molecule has 0 spiro atoms. The molecule has 7 heteroatoms. The summed E-state index contributed by atoms with van der Waals surface area (Å²) in [6, 6.07) is 8.95. The Morgan fingerprint density at radius 1 is 1.12 bits per heavy atom. The monoisotopic (exact) mass is 349 g/mol. The van der Waals surface area contributed by atoms with Gasteiger partial charge in [0.25, 0.3) is 5.91 Å². The minimum absolute atomic E-state index is 0.116. The highest BCUT2D eigenvalue weighted by atomic mass is 16.2. The third-order valence-corrected chi connectivity index (χ3v) is 3.98. The molecule has 0 fully saturated rings. The summed E-state index contributed by atoms with van der Waals surface area (Å²) in [5.74, 6) is 0.0970. The molecular formula is C19H19N5O2. The highest BCUT2D eigenvalue weighted by Gasteiger charge is 2.09. The predicted octanol–water partition coefficient (Wildman–Crippen LogP) is 2.25. The molecule has 2 heterocycles. The van der Waals surface area contributed by atoms with Crippen LogP contribution in [0.25, 0.3) is 5.82 Å². The molecule has 0 aliphatic rings. The van der Waals surface area contributed by atoms with Crippen LogP contribution in [0.2, 0.25) is 0 Å². The molecule has 0 unspecified atom stereocenters. The molecule has 26 heavy (non-hydrogen) atoms. The first-order valence-corrected chi connectivity index (χ1v) is 8.12. The summed E-state index contributed by atoms with van der Waals surface area (Å²) >= 11 is 0. The first-order valence-electron chi connectivity index (χ1n) is 8.12. The van der Waals surface area contributed by atoms with Crippen molar-refractivity contribution in [1.82, 2.24) is 19.9 Å². The summed E-state index contributed by atoms with van der Waals surface area (Å²) < 4.78 is 1.76. The number of amides is 2. The van der Waals surface area contributed by atoms with Gasteiger partial charge in [0.15, 0.2) is 0 Å². The Labute approximate surface area is 151 Å². The number of nitrogens with one attached hydrogen (secondary N) is 2. The molecule has 1 aromatic carbocycles. The Hall–Kier alpha value is -3.48. The first kappa shape index (κ1) is 17.3. The van der Waals surface area contributed by atoms with Gasteiger partial charge in [-0.2, -0.15) is 0 Å². The topological polar surface area (TPSA) is 88.9 Å². The van der Waals surface area contributed by atoms with Gasteiger partial charge in [-0.25, -0.2) is 9.97 Å². The van der Waals surface area contributed by atoms with E-state index >= 15 is 0 Å². The van der Waals surface area contributed by atoms with Gasteiger partial charge in [0.2, 0.25) is 5.91 Å². The smallest absolute Gasteiger partial charge is 0.251 e. The van der Waals surface area contributed by atoms with Crippen molar-refractivity contribution in [3.63, 3.8) is 0 Å². The SMILES string of the molecule is Cc1ccc(C(=O)NCC(=O)Nc2ccc(-n3ccnc3)nc2)cc1C. The van der Waals surface area contributed by atoms with E-state index in [0.29, 0.717) is 17.1 Å². The Kier molecular flexibility index (Phi) is 5.07. The van der Waals surface area contributed by atoms with Gasteiger partial charge in [-0.05, 0) is 49.2 Å². The fraction of sp³-hybridized carbons (Fsp3) is 0.158. The molecule has 0 aliphatic carbocycles. The maximum atomic E-state index is 12.1. The number of nitrogens with zero attached hydrogens (tertiary/aromatic N) is 3. The number of carbonyl (C=O) groups excluding carboxylic acids is 2. The van der Waals surface area contributed by atoms with E-state index in [1.807, 2.05) is 19.9 Å². The lowest BCUT2D eigenvalue weighted by Crippen LogP contribution is -2.32. The van der Waals surface area contributed by atoms with Gasteiger partial charge in [0.05, 0.1) is 18.4 Å². The minimum Gasteiger partial charge on any atom is -0.343 e. The number of carbonyl (C=O) groups is 2. The van der Waals surface area contributed by atoms with Gasteiger partial charge in [-0.15, -0.1) is 0 Å². The van der Waals surface area contributed by atoms with Crippen LogP contribution in [0, 0.1) is 13.8 Å². The lowest BCUT2D eigenvalue weighted by Gasteiger charge is -2.09. The lowest BCUT2D eigenvalue weighted by molar-refractivity contribution is -0.115. The second-order valence-corrected chi connectivity index (χ2v) is 5.90. The van der Waals surface area contributed by atoms with Gasteiger partial charge in [0, 0.05) is 18.0 Å². The number of anilines is 1. The quantitative estimate of drug-likeness (QED) is 0.739. The third-order valence-electron chi connectivity index (χ3n) is 3.98. The molecule has 3 aromatic rings. The number of aromatic nitrogens is 3. The van der Waals surface area contributed by atoms with Crippen molar-refractivity contribution in [2.45, 2.75) is 13.8 Å². The van der Waals surface area contributed by atoms with Gasteiger partial charge < -0.3 is 10.6 Å². The van der Waals surface area contributed by atoms with E-state index < -0.39 is 0 Å². The molecule has 0 bridgehead atoms. The molecule has 2 amide bonds. The second-order valence-electron chi connectivity index (χ2n) is 5.90. The Balaban J connectivity index is 1.53. The molecule has 0 radical (unpaired) electrons. The third kappa shape index (κ3) is 4.13. The number of rotatable bonds is 5. The summed E-state index contributed by atoms with van der Waals surface area (Å²) in [5, 5.41) is 5.32. The molecule has 2 N–H and O–H groups in total. The summed E-state index contributed by atoms with van der Waals surface area (Å²) in [6.45, 7) is 3.81. The van der Waals surface area contributed by atoms with Crippen molar-refractivity contribution >= 4 is 17.5 Å². The summed E-state index contributed by atoms with van der Waals surface area (Å²) in [6.07, 6.45) is 6.64. The van der Waals surface area contributed by atoms with Crippen molar-refractivity contribution < 1.29 is 9.59 Å². The Morgan fingerprint density at radius 2 is 1.96 bits per heavy atom. The second kappa shape index (κ2) is 7.60. The molecular weight excluding hydrogens is 330 g/mol. The minimum atomic E-state index is -0.320. The average molecular weight is 349 g/mol. The fourth-order valence-corrected chi connectivity index (χ4v) is 2.36. The molecule has 0 saturated heterocycles. The number of pyridine rings is 1. The average Bonchev–Trinajstić information content (AvgIpc) is 3.17. The summed E-state index contributed by atoms with van der Waals surface area (Å²) in [5.41, 5.74) is 3.24. The Morgan fingerprint density at radius 3 is 2.62 bits per heavy atom. The lowest BCUT2D eigenvalue weighted by atomic mass is 10.1. The standard InChI is InChI=1S/C19H19N5O2/c1-13-3-4-15(9-14(13)2)19(26)22-11-18(25)23-16-5-6-17(21-10-16)24-8-7-20-12-24/h3-10,12H,11H2,1-2H3,(H,22,26)(H,23,25). The number of imidazole rings is 1. The number of hydrogen-bond donors (Lipinski definition) is 2. The number of hydrogen-bond acceptors (Lipinski definition) is 4. The van der Waals surface area contributed by atoms with Crippen molar-refractivity contribution in [1.29, 1.82) is 0 Å². The molecule has 0 saturated carbocycles. The van der Waals surface area contributed by atoms with Crippen LogP contribution in [-0.4, -0.2) is 32.9 Å². The highest BCUT2D eigenvalue weighted by Crippen LogP contribution is 2.10. The van der Waals surface area contributed by atoms with Crippen molar-refractivity contribution in [2.75, 3.05) is 11.9 Å². The largest absolute Gasteiger partial charge is 0.343 e. The first-order chi connectivity index (χ1) is 12.5. The summed E-state index contributed by atoms with van der Waals surface area (Å²) in [4.78, 5) is 32.4. The van der Waals surface area contributed by atoms with Crippen LogP contribution in [0.1, 0.15) is 21.5 Å². The van der Waals surface area contributed by atoms with E-state index in [1.165, 1.54) is 0 Å². The predicted molar refractivity (Wildman–Crippen MR) is 98.2 cm³/mol. The molecule has 3 rings (SSSR count). The number of benzene rings is 1. The Bertz CT molecular complexity index is 918. The van der Waals surface area contributed by atoms with Crippen molar-refractivity contribution in [2.24, 2.45) is 0 Å². The highest BCUT2D eigenvalue weighted by molar-refractivity contribution is 5.99. The molecule has 2 aromatic heterocycles. The number of aryl methyl sites for hydroxylation is 2. The van der Waals surface area contributed by atoms with E-state index in [2.05, 4.69) is 20.6 Å². The van der Waals surface area contributed by atoms with Crippen LogP contribution in [0.3, 0.4) is 0 Å². The molecule has 132 valence electrons. The van der Waals surface area contributed by atoms with Gasteiger partial charge in [0.1, 0.15) is 12.1 Å². The van der Waals surface area contributed by atoms with Gasteiger partial charge in [-0.3, -0.25) is 14.2 Å². The fourth-order valence-electron chi connectivity index (χ4n) is 2.36. The zero-order valence-electron chi connectivity index (χ0n) is 14.6. The zero-order chi connectivity index (χ0) is 18.5. The van der Waals surface area contributed by atoms with Crippen molar-refractivity contribution in [3.05, 3.63) is 71.9 Å². The van der Waals surface area contributed by atoms with E-state index in [9.17, 15) is 9.59 Å². The molecule has 0 aliphatic heterocycles. The molecule has 7 nitrogen and oxygen atoms in total. The maximum absolute atomic E-state index is 12.1. The normalized spacial score (nSPS) is 10.4. The zero-order valence-corrected chi connectivity index (χ0v) is 14.6. The van der Waals surface area contributed by atoms with Crippen LogP contribution in [0.5, 0.6) is 0 Å². The van der Waals surface area contributed by atoms with Crippen molar-refractivity contribution in [3.8, 4) is 5.82 Å². The van der Waals surface area contributed by atoms with Crippen LogP contribution < -0.4 is 10.6 Å². The van der Waals surface area contributed by atoms with Crippen LogP contribution in [0.4, 0.5) is 5.69 Å². The van der Waals surface area contributed by atoms with E-state index in [0.717, 1.165) is 11.1 Å².